The standard InChI is InChI=1S/C12H27NO2/c1-9(2)11(8-14)13-10(3)7-12(4,5)15-6/h9-11,13-14H,7-8H2,1-6H3/t10?,11-/m1/s1. The van der Waals surface area contributed by atoms with Gasteiger partial charge in [0.2, 0.25) is 0 Å². The first-order valence-electron chi connectivity index (χ1n) is 5.74. The minimum absolute atomic E-state index is 0.108. The summed E-state index contributed by atoms with van der Waals surface area (Å²) in [6.45, 7) is 10.7. The summed E-state index contributed by atoms with van der Waals surface area (Å²) >= 11 is 0. The van der Waals surface area contributed by atoms with E-state index in [0.29, 0.717) is 12.0 Å². The van der Waals surface area contributed by atoms with E-state index < -0.39 is 0 Å². The van der Waals surface area contributed by atoms with Gasteiger partial charge in [0.05, 0.1) is 12.2 Å². The summed E-state index contributed by atoms with van der Waals surface area (Å²) in [5.41, 5.74) is -0.108. The molecule has 0 aromatic rings. The molecular weight excluding hydrogens is 190 g/mol. The highest BCUT2D eigenvalue weighted by atomic mass is 16.5. The third kappa shape index (κ3) is 6.13. The lowest BCUT2D eigenvalue weighted by atomic mass is 9.97. The van der Waals surface area contributed by atoms with E-state index in [4.69, 9.17) is 4.74 Å². The number of hydrogen-bond acceptors (Lipinski definition) is 3. The van der Waals surface area contributed by atoms with Crippen molar-refractivity contribution in [3.63, 3.8) is 0 Å². The molecule has 3 heteroatoms. The van der Waals surface area contributed by atoms with Crippen LogP contribution in [0.25, 0.3) is 0 Å². The van der Waals surface area contributed by atoms with Crippen LogP contribution in [0, 0.1) is 5.92 Å². The molecule has 0 bridgehead atoms. The molecule has 0 fully saturated rings. The zero-order chi connectivity index (χ0) is 12.1. The van der Waals surface area contributed by atoms with Crippen LogP contribution in [-0.4, -0.2) is 36.5 Å². The van der Waals surface area contributed by atoms with Gasteiger partial charge in [0.25, 0.3) is 0 Å². The molecule has 0 aromatic carbocycles. The van der Waals surface area contributed by atoms with Crippen LogP contribution in [0.15, 0.2) is 0 Å². The molecule has 0 saturated carbocycles. The van der Waals surface area contributed by atoms with Crippen LogP contribution in [-0.2, 0) is 4.74 Å². The molecule has 0 saturated heterocycles. The number of aliphatic hydroxyl groups is 1. The number of rotatable bonds is 7. The fourth-order valence-corrected chi connectivity index (χ4v) is 1.70. The summed E-state index contributed by atoms with van der Waals surface area (Å²) < 4.78 is 5.38. The Morgan fingerprint density at radius 1 is 1.27 bits per heavy atom. The number of methoxy groups -OCH3 is 1. The average molecular weight is 217 g/mol. The Kier molecular flexibility index (Phi) is 6.41. The molecule has 3 nitrogen and oxygen atoms in total. The molecule has 2 atom stereocenters. The van der Waals surface area contributed by atoms with Gasteiger partial charge < -0.3 is 15.2 Å². The van der Waals surface area contributed by atoms with Crippen molar-refractivity contribution in [2.45, 2.75) is 58.7 Å². The smallest absolute Gasteiger partial charge is 0.0637 e. The van der Waals surface area contributed by atoms with E-state index in [-0.39, 0.29) is 18.2 Å². The van der Waals surface area contributed by atoms with Gasteiger partial charge >= 0.3 is 0 Å². The van der Waals surface area contributed by atoms with E-state index in [1.807, 2.05) is 0 Å². The largest absolute Gasteiger partial charge is 0.395 e. The normalized spacial score (nSPS) is 16.8. The molecule has 0 heterocycles. The Morgan fingerprint density at radius 2 is 1.80 bits per heavy atom. The quantitative estimate of drug-likeness (QED) is 0.683. The molecule has 0 rings (SSSR count). The van der Waals surface area contributed by atoms with Crippen LogP contribution in [0.5, 0.6) is 0 Å². The van der Waals surface area contributed by atoms with Crippen molar-refractivity contribution < 1.29 is 9.84 Å². The van der Waals surface area contributed by atoms with E-state index in [2.05, 4.69) is 39.9 Å². The fraction of sp³-hybridized carbons (Fsp3) is 1.00. The minimum Gasteiger partial charge on any atom is -0.395 e. The Morgan fingerprint density at radius 3 is 2.13 bits per heavy atom. The second-order valence-electron chi connectivity index (χ2n) is 5.27. The van der Waals surface area contributed by atoms with Gasteiger partial charge in [-0.3, -0.25) is 0 Å². The summed E-state index contributed by atoms with van der Waals surface area (Å²) in [6, 6.07) is 0.521. The average Bonchev–Trinajstić information content (AvgIpc) is 2.13. The molecule has 0 aliphatic carbocycles. The maximum absolute atomic E-state index is 9.21. The zero-order valence-electron chi connectivity index (χ0n) is 11.0. The predicted octanol–water partition coefficient (Wildman–Crippen LogP) is 1.80. The van der Waals surface area contributed by atoms with Crippen molar-refractivity contribution in [3.05, 3.63) is 0 Å². The molecular formula is C12H27NO2. The highest BCUT2D eigenvalue weighted by molar-refractivity contribution is 4.79. The lowest BCUT2D eigenvalue weighted by Gasteiger charge is -2.30. The minimum atomic E-state index is -0.108. The maximum atomic E-state index is 9.21. The topological polar surface area (TPSA) is 41.5 Å². The molecule has 92 valence electrons. The van der Waals surface area contributed by atoms with Crippen LogP contribution in [0.4, 0.5) is 0 Å². The number of nitrogens with one attached hydrogen (secondary N) is 1. The SMILES string of the molecule is COC(C)(C)CC(C)N[C@H](CO)C(C)C. The Hall–Kier alpha value is -0.120. The van der Waals surface area contributed by atoms with Gasteiger partial charge in [0.15, 0.2) is 0 Å². The first-order chi connectivity index (χ1) is 6.82. The molecule has 2 N–H and O–H groups in total. The Balaban J connectivity index is 4.06. The van der Waals surface area contributed by atoms with Crippen molar-refractivity contribution in [3.8, 4) is 0 Å². The highest BCUT2D eigenvalue weighted by Gasteiger charge is 2.22. The first-order valence-corrected chi connectivity index (χ1v) is 5.74. The summed E-state index contributed by atoms with van der Waals surface area (Å²) in [5, 5.41) is 12.6. The van der Waals surface area contributed by atoms with Gasteiger partial charge in [-0.2, -0.15) is 0 Å². The lowest BCUT2D eigenvalue weighted by molar-refractivity contribution is 0.00628. The van der Waals surface area contributed by atoms with Gasteiger partial charge in [-0.1, -0.05) is 13.8 Å². The monoisotopic (exact) mass is 217 g/mol. The lowest BCUT2D eigenvalue weighted by Crippen LogP contribution is -2.45. The maximum Gasteiger partial charge on any atom is 0.0637 e. The van der Waals surface area contributed by atoms with Crippen LogP contribution in [0.1, 0.15) is 41.0 Å². The number of ether oxygens (including phenoxy) is 1. The fourth-order valence-electron chi connectivity index (χ4n) is 1.70. The Labute approximate surface area is 94.2 Å². The van der Waals surface area contributed by atoms with Crippen LogP contribution >= 0.6 is 0 Å². The summed E-state index contributed by atoms with van der Waals surface area (Å²) in [4.78, 5) is 0. The van der Waals surface area contributed by atoms with Gasteiger partial charge in [-0.05, 0) is 33.1 Å². The van der Waals surface area contributed by atoms with E-state index in [9.17, 15) is 5.11 Å². The van der Waals surface area contributed by atoms with Gasteiger partial charge in [0.1, 0.15) is 0 Å². The molecule has 0 spiro atoms. The van der Waals surface area contributed by atoms with Crippen molar-refractivity contribution in [1.29, 1.82) is 0 Å². The Bertz CT molecular complexity index is 169. The predicted molar refractivity (Wildman–Crippen MR) is 64.0 cm³/mol. The van der Waals surface area contributed by atoms with Gasteiger partial charge in [0, 0.05) is 19.2 Å². The summed E-state index contributed by atoms with van der Waals surface area (Å²) in [6.07, 6.45) is 0.937. The van der Waals surface area contributed by atoms with Crippen molar-refractivity contribution in [2.75, 3.05) is 13.7 Å². The summed E-state index contributed by atoms with van der Waals surface area (Å²) in [7, 11) is 1.73. The second kappa shape index (κ2) is 6.46. The van der Waals surface area contributed by atoms with Crippen LogP contribution in [0.2, 0.25) is 0 Å². The number of hydrogen-bond donors (Lipinski definition) is 2. The molecule has 1 unspecified atom stereocenters. The van der Waals surface area contributed by atoms with Crippen LogP contribution < -0.4 is 5.32 Å². The van der Waals surface area contributed by atoms with Crippen molar-refractivity contribution >= 4 is 0 Å². The zero-order valence-corrected chi connectivity index (χ0v) is 11.0. The molecule has 0 aliphatic rings. The molecule has 15 heavy (non-hydrogen) atoms. The highest BCUT2D eigenvalue weighted by Crippen LogP contribution is 2.16. The molecule has 0 amide bonds. The van der Waals surface area contributed by atoms with E-state index in [1.165, 1.54) is 0 Å². The van der Waals surface area contributed by atoms with E-state index in [1.54, 1.807) is 7.11 Å². The molecule has 0 radical (unpaired) electrons. The van der Waals surface area contributed by atoms with Gasteiger partial charge in [-0.15, -0.1) is 0 Å². The third-order valence-electron chi connectivity index (χ3n) is 2.85. The first kappa shape index (κ1) is 14.9. The van der Waals surface area contributed by atoms with Crippen molar-refractivity contribution in [1.82, 2.24) is 5.32 Å². The number of aliphatic hydroxyl groups excluding tert-OH is 1. The summed E-state index contributed by atoms with van der Waals surface area (Å²) in [5.74, 6) is 0.447. The third-order valence-corrected chi connectivity index (χ3v) is 2.85. The van der Waals surface area contributed by atoms with Crippen LogP contribution in [0.3, 0.4) is 0 Å². The van der Waals surface area contributed by atoms with Crippen molar-refractivity contribution in [2.24, 2.45) is 5.92 Å². The van der Waals surface area contributed by atoms with E-state index in [0.717, 1.165) is 6.42 Å². The van der Waals surface area contributed by atoms with E-state index >= 15 is 0 Å². The molecule has 0 aromatic heterocycles. The molecule has 0 aliphatic heterocycles. The second-order valence-corrected chi connectivity index (χ2v) is 5.27. The van der Waals surface area contributed by atoms with Gasteiger partial charge in [-0.25, -0.2) is 0 Å².